The number of fused-ring (bicyclic) bond motifs is 5. The van der Waals surface area contributed by atoms with Gasteiger partial charge in [-0.2, -0.15) is 10.1 Å². The number of hydrazone groups is 1. The van der Waals surface area contributed by atoms with Crippen molar-refractivity contribution >= 4 is 18.0 Å². The van der Waals surface area contributed by atoms with E-state index < -0.39 is 0 Å². The lowest BCUT2D eigenvalue weighted by atomic mass is 9.85. The van der Waals surface area contributed by atoms with Crippen LogP contribution in [0.5, 0.6) is 11.5 Å². The third-order valence-corrected chi connectivity index (χ3v) is 5.20. The molecule has 6 nitrogen and oxygen atoms in total. The zero-order valence-corrected chi connectivity index (χ0v) is 13.5. The molecule has 1 saturated carbocycles. The molecule has 124 valence electrons. The Morgan fingerprint density at radius 1 is 1.08 bits per heavy atom. The summed E-state index contributed by atoms with van der Waals surface area (Å²) in [5.41, 5.74) is 0.678. The van der Waals surface area contributed by atoms with Crippen molar-refractivity contribution in [2.45, 2.75) is 6.42 Å². The number of imide groups is 1. The molecule has 1 heterocycles. The van der Waals surface area contributed by atoms with Crippen molar-refractivity contribution in [3.8, 4) is 11.5 Å². The standard InChI is InChI=1S/C18H18N2O4/c1-23-13-6-5-12(14(8-13)24-2)9-19-20-17(21)15-10-3-4-11(7-10)16(15)18(20)22/h3-6,8-11,15-16H,7H2,1-2H3/b19-9-/t10-,11-,15-,16+/m0/s1. The smallest absolute Gasteiger partial charge is 0.254 e. The van der Waals surface area contributed by atoms with Crippen molar-refractivity contribution in [2.24, 2.45) is 28.8 Å². The molecule has 0 aromatic heterocycles. The lowest BCUT2D eigenvalue weighted by Gasteiger charge is -2.13. The van der Waals surface area contributed by atoms with Crippen LogP contribution in [0.4, 0.5) is 0 Å². The van der Waals surface area contributed by atoms with Crippen molar-refractivity contribution in [2.75, 3.05) is 14.2 Å². The number of hydrogen-bond donors (Lipinski definition) is 0. The van der Waals surface area contributed by atoms with Crippen LogP contribution in [0.2, 0.25) is 0 Å². The first-order valence-electron chi connectivity index (χ1n) is 7.96. The fraction of sp³-hybridized carbons (Fsp3) is 0.389. The van der Waals surface area contributed by atoms with E-state index in [9.17, 15) is 9.59 Å². The number of carbonyl (C=O) groups excluding carboxylic acids is 2. The number of carbonyl (C=O) groups is 2. The van der Waals surface area contributed by atoms with Gasteiger partial charge < -0.3 is 9.47 Å². The van der Waals surface area contributed by atoms with Crippen LogP contribution in [0.1, 0.15) is 12.0 Å². The van der Waals surface area contributed by atoms with Crippen molar-refractivity contribution in [3.63, 3.8) is 0 Å². The number of benzene rings is 1. The predicted molar refractivity (Wildman–Crippen MR) is 86.7 cm³/mol. The van der Waals surface area contributed by atoms with Gasteiger partial charge in [0.25, 0.3) is 11.8 Å². The molecule has 0 spiro atoms. The largest absolute Gasteiger partial charge is 0.497 e. The molecule has 24 heavy (non-hydrogen) atoms. The van der Waals surface area contributed by atoms with E-state index in [1.54, 1.807) is 32.4 Å². The van der Waals surface area contributed by atoms with Gasteiger partial charge >= 0.3 is 0 Å². The molecule has 1 aromatic carbocycles. The van der Waals surface area contributed by atoms with Gasteiger partial charge in [0, 0.05) is 11.6 Å². The molecule has 6 heteroatoms. The Kier molecular flexibility index (Phi) is 3.40. The van der Waals surface area contributed by atoms with E-state index in [0.717, 1.165) is 11.4 Å². The van der Waals surface area contributed by atoms with Crippen molar-refractivity contribution < 1.29 is 19.1 Å². The van der Waals surface area contributed by atoms with E-state index in [4.69, 9.17) is 9.47 Å². The molecule has 3 aliphatic rings. The van der Waals surface area contributed by atoms with Gasteiger partial charge in [0.05, 0.1) is 32.3 Å². The molecular weight excluding hydrogens is 308 g/mol. The van der Waals surface area contributed by atoms with Gasteiger partial charge in [-0.05, 0) is 30.4 Å². The molecule has 0 radical (unpaired) electrons. The van der Waals surface area contributed by atoms with Crippen LogP contribution in [0, 0.1) is 23.7 Å². The van der Waals surface area contributed by atoms with Gasteiger partial charge in [0.2, 0.25) is 0 Å². The minimum Gasteiger partial charge on any atom is -0.497 e. The average Bonchev–Trinajstić information content (AvgIpc) is 3.28. The SMILES string of the molecule is COc1ccc(/C=N\N2C(=O)[C@@H]3[C@H](C2=O)[C@H]2C=C[C@H]3C2)c(OC)c1. The van der Waals surface area contributed by atoms with Gasteiger partial charge in [0.15, 0.2) is 0 Å². The zero-order valence-electron chi connectivity index (χ0n) is 13.5. The minimum atomic E-state index is -0.234. The monoisotopic (exact) mass is 326 g/mol. The van der Waals surface area contributed by atoms with E-state index in [-0.39, 0.29) is 35.5 Å². The highest BCUT2D eigenvalue weighted by Crippen LogP contribution is 2.52. The average molecular weight is 326 g/mol. The fourth-order valence-corrected chi connectivity index (χ4v) is 4.05. The molecule has 4 atom stereocenters. The molecule has 0 N–H and O–H groups in total. The van der Waals surface area contributed by atoms with Crippen LogP contribution < -0.4 is 9.47 Å². The summed E-state index contributed by atoms with van der Waals surface area (Å²) in [4.78, 5) is 25.1. The molecule has 4 rings (SSSR count). The Morgan fingerprint density at radius 3 is 2.33 bits per heavy atom. The summed E-state index contributed by atoms with van der Waals surface area (Å²) >= 11 is 0. The molecule has 2 bridgehead atoms. The number of nitrogens with zero attached hydrogens (tertiary/aromatic N) is 2. The number of rotatable bonds is 4. The van der Waals surface area contributed by atoms with E-state index >= 15 is 0 Å². The van der Waals surface area contributed by atoms with E-state index in [2.05, 4.69) is 17.3 Å². The van der Waals surface area contributed by atoms with Crippen LogP contribution in [-0.4, -0.2) is 37.3 Å². The van der Waals surface area contributed by atoms with Gasteiger partial charge in [-0.25, -0.2) is 0 Å². The van der Waals surface area contributed by atoms with Gasteiger partial charge in [0.1, 0.15) is 11.5 Å². The highest BCUT2D eigenvalue weighted by molar-refractivity contribution is 6.06. The van der Waals surface area contributed by atoms with Gasteiger partial charge in [-0.15, -0.1) is 0 Å². The number of ether oxygens (including phenoxy) is 2. The molecule has 0 unspecified atom stereocenters. The first-order chi connectivity index (χ1) is 11.6. The predicted octanol–water partition coefficient (Wildman–Crippen LogP) is 1.84. The Labute approximate surface area is 139 Å². The fourth-order valence-electron chi connectivity index (χ4n) is 4.05. The second kappa shape index (κ2) is 5.47. The lowest BCUT2D eigenvalue weighted by molar-refractivity contribution is -0.140. The van der Waals surface area contributed by atoms with Gasteiger partial charge in [-0.3, -0.25) is 9.59 Å². The van der Waals surface area contributed by atoms with E-state index in [1.807, 2.05) is 0 Å². The van der Waals surface area contributed by atoms with Crippen LogP contribution in [0.3, 0.4) is 0 Å². The van der Waals surface area contributed by atoms with Crippen LogP contribution >= 0.6 is 0 Å². The topological polar surface area (TPSA) is 68.2 Å². The molecule has 2 amide bonds. The summed E-state index contributed by atoms with van der Waals surface area (Å²) in [5, 5.41) is 5.19. The molecule has 2 aliphatic carbocycles. The van der Waals surface area contributed by atoms with Gasteiger partial charge in [-0.1, -0.05) is 12.2 Å². The highest BCUT2D eigenvalue weighted by atomic mass is 16.5. The molecular formula is C18H18N2O4. The summed E-state index contributed by atoms with van der Waals surface area (Å²) in [7, 11) is 3.12. The van der Waals surface area contributed by atoms with Crippen molar-refractivity contribution in [3.05, 3.63) is 35.9 Å². The molecule has 1 saturated heterocycles. The third kappa shape index (κ3) is 2.06. The zero-order chi connectivity index (χ0) is 16.8. The highest BCUT2D eigenvalue weighted by Gasteiger charge is 2.59. The van der Waals surface area contributed by atoms with Crippen molar-refractivity contribution in [1.29, 1.82) is 0 Å². The number of amides is 2. The Morgan fingerprint density at radius 2 is 1.75 bits per heavy atom. The quantitative estimate of drug-likeness (QED) is 0.481. The molecule has 1 aromatic rings. The lowest BCUT2D eigenvalue weighted by Crippen LogP contribution is -2.28. The molecule has 1 aliphatic heterocycles. The number of methoxy groups -OCH3 is 2. The second-order valence-corrected chi connectivity index (χ2v) is 6.34. The van der Waals surface area contributed by atoms with Crippen LogP contribution in [0.25, 0.3) is 0 Å². The normalized spacial score (nSPS) is 30.5. The first-order valence-corrected chi connectivity index (χ1v) is 7.96. The number of hydrogen-bond acceptors (Lipinski definition) is 5. The van der Waals surface area contributed by atoms with Crippen LogP contribution in [-0.2, 0) is 9.59 Å². The Hall–Kier alpha value is -2.63. The maximum atomic E-state index is 12.6. The summed E-state index contributed by atoms with van der Waals surface area (Å²) in [6.45, 7) is 0. The summed E-state index contributed by atoms with van der Waals surface area (Å²) in [6.07, 6.45) is 6.54. The summed E-state index contributed by atoms with van der Waals surface area (Å²) in [5.74, 6) is 0.758. The summed E-state index contributed by atoms with van der Waals surface area (Å²) < 4.78 is 10.5. The van der Waals surface area contributed by atoms with E-state index in [0.29, 0.717) is 17.1 Å². The third-order valence-electron chi connectivity index (χ3n) is 5.20. The number of allylic oxidation sites excluding steroid dienone is 2. The maximum absolute atomic E-state index is 12.6. The maximum Gasteiger partial charge on any atom is 0.254 e. The summed E-state index contributed by atoms with van der Waals surface area (Å²) in [6, 6.07) is 5.28. The van der Waals surface area contributed by atoms with E-state index in [1.165, 1.54) is 6.21 Å². The Bertz CT molecular complexity index is 740. The first kappa shape index (κ1) is 14.9. The molecule has 2 fully saturated rings. The van der Waals surface area contributed by atoms with Crippen molar-refractivity contribution in [1.82, 2.24) is 5.01 Å². The second-order valence-electron chi connectivity index (χ2n) is 6.34. The van der Waals surface area contributed by atoms with Crippen LogP contribution in [0.15, 0.2) is 35.5 Å². The Balaban J connectivity index is 1.59. The minimum absolute atomic E-state index is 0.187.